The molecule has 0 bridgehead atoms. The van der Waals surface area contributed by atoms with Gasteiger partial charge in [0.25, 0.3) is 0 Å². The zero-order valence-corrected chi connectivity index (χ0v) is 16.0. The van der Waals surface area contributed by atoms with Crippen molar-refractivity contribution in [2.75, 3.05) is 5.32 Å². The van der Waals surface area contributed by atoms with Crippen LogP contribution < -0.4 is 11.1 Å². The van der Waals surface area contributed by atoms with E-state index in [0.29, 0.717) is 12.5 Å². The number of hydrogen-bond donors (Lipinski definition) is 2. The number of benzene rings is 2. The van der Waals surface area contributed by atoms with Crippen LogP contribution in [0.15, 0.2) is 51.9 Å². The summed E-state index contributed by atoms with van der Waals surface area (Å²) in [4.78, 5) is 4.34. The molecule has 0 aliphatic rings. The van der Waals surface area contributed by atoms with E-state index in [1.807, 2.05) is 30.3 Å². The summed E-state index contributed by atoms with van der Waals surface area (Å²) in [6.07, 6.45) is 0. The van der Waals surface area contributed by atoms with Crippen LogP contribution in [-0.2, 0) is 6.54 Å². The molecule has 3 N–H and O–H groups in total. The van der Waals surface area contributed by atoms with Crippen molar-refractivity contribution >= 4 is 51.6 Å². The molecule has 0 amide bonds. The molecule has 0 aliphatic carbocycles. The molecular weight excluding hydrogens is 441 g/mol. The Morgan fingerprint density at radius 1 is 1.10 bits per heavy atom. The predicted octanol–water partition coefficient (Wildman–Crippen LogP) is 4.61. The second-order valence-corrected chi connectivity index (χ2v) is 5.67. The smallest absolute Gasteiger partial charge is 0.193 e. The lowest BCUT2D eigenvalue weighted by atomic mass is 10.1. The van der Waals surface area contributed by atoms with Crippen molar-refractivity contribution in [3.8, 4) is 0 Å². The van der Waals surface area contributed by atoms with Gasteiger partial charge >= 0.3 is 0 Å². The summed E-state index contributed by atoms with van der Waals surface area (Å²) in [6.45, 7) is 4.73. The number of nitrogens with one attached hydrogen (secondary N) is 1. The standard InChI is InChI=1S/C16H18BrN3.HI/c1-11-3-8-15(9-12(11)2)20-16(18)19-10-13-4-6-14(17)7-5-13;/h3-9H,10H2,1-2H3,(H3,18,19,20);1H. The van der Waals surface area contributed by atoms with E-state index in [4.69, 9.17) is 5.73 Å². The van der Waals surface area contributed by atoms with Gasteiger partial charge in [0.2, 0.25) is 0 Å². The van der Waals surface area contributed by atoms with E-state index in [1.54, 1.807) is 0 Å². The van der Waals surface area contributed by atoms with E-state index >= 15 is 0 Å². The third-order valence-electron chi connectivity index (χ3n) is 3.12. The normalized spacial score (nSPS) is 10.9. The quantitative estimate of drug-likeness (QED) is 0.400. The number of nitrogens with zero attached hydrogens (tertiary/aromatic N) is 1. The highest BCUT2D eigenvalue weighted by molar-refractivity contribution is 14.0. The van der Waals surface area contributed by atoms with Gasteiger partial charge in [0.05, 0.1) is 6.54 Å². The third-order valence-corrected chi connectivity index (χ3v) is 3.65. The summed E-state index contributed by atoms with van der Waals surface area (Å²) in [5.41, 5.74) is 10.5. The maximum atomic E-state index is 5.90. The van der Waals surface area contributed by atoms with Crippen molar-refractivity contribution in [1.29, 1.82) is 0 Å². The molecule has 0 saturated carbocycles. The Labute approximate surface area is 151 Å². The Morgan fingerprint density at radius 3 is 2.38 bits per heavy atom. The minimum absolute atomic E-state index is 0. The number of hydrogen-bond acceptors (Lipinski definition) is 1. The van der Waals surface area contributed by atoms with Crippen LogP contribution in [0.5, 0.6) is 0 Å². The number of anilines is 1. The molecule has 0 aromatic heterocycles. The van der Waals surface area contributed by atoms with Crippen LogP contribution in [0.3, 0.4) is 0 Å². The van der Waals surface area contributed by atoms with Gasteiger partial charge in [0.15, 0.2) is 5.96 Å². The fourth-order valence-corrected chi connectivity index (χ4v) is 2.04. The Morgan fingerprint density at radius 2 is 1.76 bits per heavy atom. The van der Waals surface area contributed by atoms with Gasteiger partial charge in [-0.3, -0.25) is 0 Å². The largest absolute Gasteiger partial charge is 0.370 e. The fraction of sp³-hybridized carbons (Fsp3) is 0.188. The van der Waals surface area contributed by atoms with Crippen molar-refractivity contribution < 1.29 is 0 Å². The molecule has 5 heteroatoms. The maximum Gasteiger partial charge on any atom is 0.193 e. The van der Waals surface area contributed by atoms with Crippen LogP contribution in [0.1, 0.15) is 16.7 Å². The Balaban J connectivity index is 0.00000220. The maximum absolute atomic E-state index is 5.90. The summed E-state index contributed by atoms with van der Waals surface area (Å²) < 4.78 is 1.06. The highest BCUT2D eigenvalue weighted by Gasteiger charge is 1.98. The van der Waals surface area contributed by atoms with Crippen LogP contribution in [0, 0.1) is 13.8 Å². The number of nitrogens with two attached hydrogens (primary N) is 1. The van der Waals surface area contributed by atoms with Gasteiger partial charge in [0, 0.05) is 10.2 Å². The lowest BCUT2D eigenvalue weighted by Gasteiger charge is -2.08. The van der Waals surface area contributed by atoms with E-state index < -0.39 is 0 Å². The first kappa shape index (κ1) is 18.0. The third kappa shape index (κ3) is 5.67. The highest BCUT2D eigenvalue weighted by atomic mass is 127. The van der Waals surface area contributed by atoms with E-state index in [2.05, 4.69) is 52.2 Å². The molecule has 0 aliphatic heterocycles. The number of rotatable bonds is 3. The van der Waals surface area contributed by atoms with Gasteiger partial charge in [-0.05, 0) is 54.8 Å². The van der Waals surface area contributed by atoms with Crippen LogP contribution in [-0.4, -0.2) is 5.96 Å². The number of halogens is 2. The average Bonchev–Trinajstić information content (AvgIpc) is 2.42. The molecule has 2 aromatic rings. The molecule has 3 nitrogen and oxygen atoms in total. The van der Waals surface area contributed by atoms with Crippen LogP contribution in [0.2, 0.25) is 0 Å². The summed E-state index contributed by atoms with van der Waals surface area (Å²) in [6, 6.07) is 14.2. The Hall–Kier alpha value is -1.08. The fourth-order valence-electron chi connectivity index (χ4n) is 1.77. The molecule has 0 atom stereocenters. The number of aliphatic imine (C=N–C) groups is 1. The summed E-state index contributed by atoms with van der Waals surface area (Å²) in [5, 5.41) is 3.11. The minimum atomic E-state index is 0. The summed E-state index contributed by atoms with van der Waals surface area (Å²) >= 11 is 3.41. The molecule has 0 saturated heterocycles. The molecule has 0 radical (unpaired) electrons. The SMILES string of the molecule is Cc1ccc(NC(N)=NCc2ccc(Br)cc2)cc1C.I. The van der Waals surface area contributed by atoms with Gasteiger partial charge in [0.1, 0.15) is 0 Å². The van der Waals surface area contributed by atoms with Crippen molar-refractivity contribution in [2.24, 2.45) is 10.7 Å². The lowest BCUT2D eigenvalue weighted by molar-refractivity contribution is 1.06. The zero-order chi connectivity index (χ0) is 14.5. The lowest BCUT2D eigenvalue weighted by Crippen LogP contribution is -2.22. The van der Waals surface area contributed by atoms with E-state index in [1.165, 1.54) is 11.1 Å². The molecule has 2 rings (SSSR count). The van der Waals surface area contributed by atoms with Crippen molar-refractivity contribution in [2.45, 2.75) is 20.4 Å². The minimum Gasteiger partial charge on any atom is -0.370 e. The van der Waals surface area contributed by atoms with E-state index in [9.17, 15) is 0 Å². The van der Waals surface area contributed by atoms with Gasteiger partial charge in [-0.15, -0.1) is 24.0 Å². The molecule has 0 unspecified atom stereocenters. The Kier molecular flexibility index (Phi) is 7.17. The highest BCUT2D eigenvalue weighted by Crippen LogP contribution is 2.14. The van der Waals surface area contributed by atoms with E-state index in [-0.39, 0.29) is 24.0 Å². The van der Waals surface area contributed by atoms with Crippen LogP contribution in [0.25, 0.3) is 0 Å². The molecule has 2 aromatic carbocycles. The molecule has 112 valence electrons. The monoisotopic (exact) mass is 459 g/mol. The van der Waals surface area contributed by atoms with Gasteiger partial charge in [-0.25, -0.2) is 4.99 Å². The van der Waals surface area contributed by atoms with Crippen molar-refractivity contribution in [1.82, 2.24) is 0 Å². The second-order valence-electron chi connectivity index (χ2n) is 4.75. The average molecular weight is 460 g/mol. The Bertz CT molecular complexity index is 624. The van der Waals surface area contributed by atoms with Crippen LogP contribution >= 0.6 is 39.9 Å². The topological polar surface area (TPSA) is 50.4 Å². The molecule has 0 fully saturated rings. The first-order valence-electron chi connectivity index (χ1n) is 6.43. The molecule has 21 heavy (non-hydrogen) atoms. The summed E-state index contributed by atoms with van der Waals surface area (Å²) in [5.74, 6) is 0.427. The number of guanidine groups is 1. The zero-order valence-electron chi connectivity index (χ0n) is 12.1. The first-order chi connectivity index (χ1) is 9.54. The van der Waals surface area contributed by atoms with Gasteiger partial charge in [-0.1, -0.05) is 34.1 Å². The van der Waals surface area contributed by atoms with Gasteiger partial charge in [-0.2, -0.15) is 0 Å². The second kappa shape index (κ2) is 8.38. The number of aryl methyl sites for hydroxylation is 2. The first-order valence-corrected chi connectivity index (χ1v) is 7.22. The molecular formula is C16H19BrIN3. The van der Waals surface area contributed by atoms with E-state index in [0.717, 1.165) is 15.7 Å². The van der Waals surface area contributed by atoms with Gasteiger partial charge < -0.3 is 11.1 Å². The van der Waals surface area contributed by atoms with Crippen LogP contribution in [0.4, 0.5) is 5.69 Å². The van der Waals surface area contributed by atoms with Crippen molar-refractivity contribution in [3.63, 3.8) is 0 Å². The molecule has 0 spiro atoms. The summed E-state index contributed by atoms with van der Waals surface area (Å²) in [7, 11) is 0. The molecule has 0 heterocycles. The van der Waals surface area contributed by atoms with Crippen molar-refractivity contribution in [3.05, 3.63) is 63.6 Å². The predicted molar refractivity (Wildman–Crippen MR) is 104 cm³/mol.